The molecule has 7 aromatic rings. The van der Waals surface area contributed by atoms with Crippen molar-refractivity contribution >= 4 is 63.6 Å². The summed E-state index contributed by atoms with van der Waals surface area (Å²) >= 11 is 0. The Kier molecular flexibility index (Phi) is 25.7. The van der Waals surface area contributed by atoms with Gasteiger partial charge in [0.15, 0.2) is 34.6 Å². The standard InChI is InChI=1S/C14H19NO2.C14H17NO2.C13H19N3O2.C13H18N2O3.C13H18N2O2.C12H16N2O2.C10H15NO2/c1-9(2)13-12(11-5-3-4-8-16-11)14(17-15-13)10-6-7-10;1-8(2)13-12(10-4-3-5-11(10)16)14(17-15-13)9-6-7-9;1-8(2)10-11(12(18-14-10)9-4-5-9)16-7-6-15(3)13(16)17;1-8(2)11-12(13(18-14-11)9-3-4-9)15-5-6-17-7-10(15)16;1-8(2)11-12(15-7-3-4-10(15)16)13(17-14-11)9-5-6-9;1-7(2)10-11(14-6-5-9(14)15)12(16-13-10)8-3-4-8;1-7(2)8-4-9(13-11-8)10(3)5-12-6-10/h5,9-10H,3-4,6-8H2,1-2H3;4,8-9H,3,5-7H2,1-2H3;8-9H,4-7H2,1-3H3;8-9H,3-7H2,1-2H3;8-9H,3-7H2,1-2H3;7-8H,3-6H2,1-2H3;4,7H,5-6H2,1-3H3. The maximum atomic E-state index is 12.2. The van der Waals surface area contributed by atoms with Crippen LogP contribution in [0.15, 0.2) is 49.9 Å². The fraction of sp³-hybridized carbons (Fsp3) is 0.663. The van der Waals surface area contributed by atoms with Crippen molar-refractivity contribution in [3.05, 3.63) is 110 Å². The molecule has 6 saturated carbocycles. The van der Waals surface area contributed by atoms with E-state index in [2.05, 4.69) is 146 Å². The largest absolute Gasteiger partial charge is 0.493 e. The Hall–Kier alpha value is -8.98. The molecule has 0 N–H and O–H groups in total. The average molecular weight is 1600 g/mol. The van der Waals surface area contributed by atoms with Gasteiger partial charge in [-0.15, -0.1) is 0 Å². The molecule has 0 spiro atoms. The van der Waals surface area contributed by atoms with Crippen molar-refractivity contribution in [1.82, 2.24) is 41.0 Å². The normalized spacial score (nSPS) is 20.4. The number of allylic oxidation sites excluding steroid dienone is 3. The van der Waals surface area contributed by atoms with Crippen LogP contribution >= 0.6 is 0 Å². The zero-order valence-corrected chi connectivity index (χ0v) is 71.2. The summed E-state index contributed by atoms with van der Waals surface area (Å²) < 4.78 is 54.5. The van der Waals surface area contributed by atoms with Gasteiger partial charge in [-0.25, -0.2) is 4.79 Å². The quantitative estimate of drug-likeness (QED) is 0.0640. The van der Waals surface area contributed by atoms with Crippen molar-refractivity contribution in [2.75, 3.05) is 92.4 Å². The second kappa shape index (κ2) is 35.7. The van der Waals surface area contributed by atoms with Gasteiger partial charge in [0.25, 0.3) is 5.91 Å². The van der Waals surface area contributed by atoms with Crippen LogP contribution in [0.3, 0.4) is 0 Å². The first kappa shape index (κ1) is 83.5. The van der Waals surface area contributed by atoms with Crippen LogP contribution in [0.1, 0.15) is 394 Å². The molecule has 27 nitrogen and oxygen atoms in total. The number of likely N-dealkylation sites (N-methyl/N-ethyl adjacent to an activating group) is 1. The average Bonchev–Trinajstić information content (AvgIpc) is 1.64. The smallest absolute Gasteiger partial charge is 0.324 e. The SMILES string of the molecule is CC(C)c1cc(C2(C)COC2)on1.CC(C)c1noc(C2CC2)c1C1=CCCC1=O.CC(C)c1noc(C2CC2)c1C1=CCCCO1.CC(C)c1noc(C2CC2)c1N1CCC1=O.CC(C)c1noc(C2CC2)c1N1CCCC1=O.CC(C)c1noc(C2CC2)c1N1CCN(C)C1=O.CC(C)c1noc(C2CC2)c1N1CCOCC1=O. The molecular formula is C89H122N12O15. The third-order valence-corrected chi connectivity index (χ3v) is 23.6. The van der Waals surface area contributed by atoms with Crippen LogP contribution in [0.2, 0.25) is 0 Å². The van der Waals surface area contributed by atoms with Gasteiger partial charge in [0.1, 0.15) is 69.4 Å². The molecule has 13 heterocycles. The fourth-order valence-electron chi connectivity index (χ4n) is 15.5. The van der Waals surface area contributed by atoms with Gasteiger partial charge in [0, 0.05) is 130 Å². The van der Waals surface area contributed by atoms with Crippen LogP contribution in [-0.4, -0.2) is 143 Å². The minimum atomic E-state index is 0.00764. The number of anilines is 4. The van der Waals surface area contributed by atoms with Gasteiger partial charge in [-0.2, -0.15) is 0 Å². The van der Waals surface area contributed by atoms with Gasteiger partial charge in [-0.3, -0.25) is 24.1 Å². The Balaban J connectivity index is 0.000000112. The molecule has 116 heavy (non-hydrogen) atoms. The molecule has 0 unspecified atom stereocenters. The first-order valence-corrected chi connectivity index (χ1v) is 43.3. The maximum Gasteiger partial charge on any atom is 0.324 e. The number of urea groups is 1. The lowest BCUT2D eigenvalue weighted by atomic mass is 9.85. The van der Waals surface area contributed by atoms with Crippen LogP contribution in [-0.2, 0) is 38.8 Å². The number of carbonyl (C=O) groups is 5. The van der Waals surface area contributed by atoms with Gasteiger partial charge in [0.2, 0.25) is 11.8 Å². The molecule has 6 aliphatic heterocycles. The van der Waals surface area contributed by atoms with E-state index in [4.69, 9.17) is 45.9 Å². The highest BCUT2D eigenvalue weighted by Crippen LogP contribution is 2.53. The molecule has 0 aromatic carbocycles. The number of Topliss-reactive ketones (excluding diaryl/α,β-unsaturated/α-hetero) is 1. The fourth-order valence-corrected chi connectivity index (χ4v) is 15.5. The van der Waals surface area contributed by atoms with Crippen LogP contribution in [0.25, 0.3) is 11.3 Å². The molecule has 5 amide bonds. The van der Waals surface area contributed by atoms with Crippen molar-refractivity contribution in [3.8, 4) is 0 Å². The second-order valence-corrected chi connectivity index (χ2v) is 36.2. The van der Waals surface area contributed by atoms with Crippen LogP contribution < -0.4 is 19.6 Å². The lowest BCUT2D eigenvalue weighted by molar-refractivity contribution is -0.126. The number of aromatic nitrogens is 7. The van der Waals surface area contributed by atoms with Gasteiger partial charge in [0.05, 0.1) is 60.1 Å². The number of ether oxygens (including phenoxy) is 3. The number of hydrogen-bond donors (Lipinski definition) is 0. The van der Waals surface area contributed by atoms with E-state index in [1.807, 2.05) is 33.9 Å². The highest BCUT2D eigenvalue weighted by molar-refractivity contribution is 6.23. The molecule has 0 bridgehead atoms. The number of ketones is 1. The maximum absolute atomic E-state index is 12.2. The van der Waals surface area contributed by atoms with Crippen LogP contribution in [0, 0.1) is 0 Å². The minimum Gasteiger partial charge on any atom is -0.493 e. The number of hydrogen-bond acceptors (Lipinski definition) is 22. The Morgan fingerprint density at radius 3 is 1.16 bits per heavy atom. The summed E-state index contributed by atoms with van der Waals surface area (Å²) in [7, 11) is 1.84. The summed E-state index contributed by atoms with van der Waals surface area (Å²) in [4.78, 5) is 68.6. The number of nitrogens with zero attached hydrogens (tertiary/aromatic N) is 12. The summed E-state index contributed by atoms with van der Waals surface area (Å²) in [5.74, 6) is 13.6. The molecule has 13 aliphatic rings. The summed E-state index contributed by atoms with van der Waals surface area (Å²) in [6.07, 6.45) is 24.3. The van der Waals surface area contributed by atoms with Gasteiger partial charge in [-0.1, -0.05) is 139 Å². The van der Waals surface area contributed by atoms with E-state index in [0.717, 1.165) is 223 Å². The van der Waals surface area contributed by atoms with Gasteiger partial charge >= 0.3 is 6.03 Å². The van der Waals surface area contributed by atoms with E-state index in [1.165, 1.54) is 51.4 Å². The van der Waals surface area contributed by atoms with E-state index in [1.54, 1.807) is 9.80 Å². The highest BCUT2D eigenvalue weighted by atomic mass is 16.5. The summed E-state index contributed by atoms with van der Waals surface area (Å²) in [5.41, 5.74) is 13.7. The Morgan fingerprint density at radius 2 is 0.810 bits per heavy atom. The van der Waals surface area contributed by atoms with Crippen LogP contribution in [0.5, 0.6) is 0 Å². The number of β-lactam (4-membered cyclic amide) rings is 1. The van der Waals surface area contributed by atoms with E-state index in [9.17, 15) is 24.0 Å². The van der Waals surface area contributed by atoms with Crippen molar-refractivity contribution in [2.24, 2.45) is 0 Å². The lowest BCUT2D eigenvalue weighted by Crippen LogP contribution is -2.44. The van der Waals surface area contributed by atoms with E-state index >= 15 is 0 Å². The second-order valence-electron chi connectivity index (χ2n) is 36.2. The molecule has 27 heteroatoms. The Bertz CT molecular complexity index is 4500. The van der Waals surface area contributed by atoms with E-state index < -0.39 is 0 Å². The molecular weight excluding hydrogens is 1480 g/mol. The zero-order chi connectivity index (χ0) is 82.1. The molecule has 7 aliphatic carbocycles. The van der Waals surface area contributed by atoms with Crippen molar-refractivity contribution in [3.63, 3.8) is 0 Å². The molecule has 0 atom stereocenters. The lowest BCUT2D eigenvalue weighted by Gasteiger charge is -2.35. The monoisotopic (exact) mass is 1600 g/mol. The van der Waals surface area contributed by atoms with E-state index in [-0.39, 0.29) is 53.4 Å². The predicted molar refractivity (Wildman–Crippen MR) is 437 cm³/mol. The molecule has 5 saturated heterocycles. The summed E-state index contributed by atoms with van der Waals surface area (Å²) in [6.45, 7) is 38.3. The van der Waals surface area contributed by atoms with Crippen molar-refractivity contribution in [2.45, 2.75) is 308 Å². The van der Waals surface area contributed by atoms with Crippen molar-refractivity contribution in [1.29, 1.82) is 0 Å². The third kappa shape index (κ3) is 18.6. The summed E-state index contributed by atoms with van der Waals surface area (Å²) in [6, 6.07) is 2.11. The number of morpholine rings is 1. The molecule has 7 aromatic heterocycles. The predicted octanol–water partition coefficient (Wildman–Crippen LogP) is 19.1. The molecule has 628 valence electrons. The molecule has 11 fully saturated rings. The molecule has 20 rings (SSSR count). The third-order valence-electron chi connectivity index (χ3n) is 23.6. The van der Waals surface area contributed by atoms with Crippen molar-refractivity contribution < 1.29 is 69.8 Å². The zero-order valence-electron chi connectivity index (χ0n) is 71.2. The van der Waals surface area contributed by atoms with Crippen LogP contribution in [0.4, 0.5) is 27.5 Å². The highest BCUT2D eigenvalue weighted by Gasteiger charge is 2.45. The Labute approximate surface area is 681 Å². The van der Waals surface area contributed by atoms with Gasteiger partial charge < -0.3 is 65.5 Å². The Morgan fingerprint density at radius 1 is 0.388 bits per heavy atom. The first-order chi connectivity index (χ1) is 55.7. The topological polar surface area (TPSA) is 311 Å². The number of amides is 5. The minimum absolute atomic E-state index is 0.00764. The first-order valence-electron chi connectivity index (χ1n) is 43.3. The van der Waals surface area contributed by atoms with Gasteiger partial charge in [-0.05, 0) is 133 Å². The molecule has 0 radical (unpaired) electrons. The van der Waals surface area contributed by atoms with E-state index in [0.29, 0.717) is 97.5 Å². The number of rotatable bonds is 20. The number of carbonyl (C=O) groups excluding carboxylic acids is 5. The summed E-state index contributed by atoms with van der Waals surface area (Å²) in [5, 5.41) is 29.2.